The summed E-state index contributed by atoms with van der Waals surface area (Å²) in [6.07, 6.45) is 11.6. The van der Waals surface area contributed by atoms with Crippen molar-refractivity contribution in [3.05, 3.63) is 47.6 Å². The third kappa shape index (κ3) is 6.02. The van der Waals surface area contributed by atoms with E-state index in [1.54, 1.807) is 30.7 Å². The zero-order chi connectivity index (χ0) is 26.7. The minimum Gasteiger partial charge on any atom is -0.477 e. The Morgan fingerprint density at radius 2 is 2.05 bits per heavy atom. The number of hydrogen-bond acceptors (Lipinski definition) is 10. The van der Waals surface area contributed by atoms with Crippen LogP contribution in [0, 0.1) is 0 Å². The molecule has 2 atom stereocenters. The molecule has 38 heavy (non-hydrogen) atoms. The number of amides is 1. The smallest absolute Gasteiger partial charge is 0.280 e. The SMILES string of the molecule is CCOc1cncc(-c2cnc(C(=O)N[C@@H](CC3CCCCN3C)c3cc(S(=O)(=O)C4CC4)ccn3)s2)n1. The largest absolute Gasteiger partial charge is 0.477 e. The number of hydrogen-bond donors (Lipinski definition) is 1. The molecule has 1 saturated carbocycles. The zero-order valence-electron chi connectivity index (χ0n) is 21.5. The van der Waals surface area contributed by atoms with E-state index in [1.165, 1.54) is 17.5 Å². The molecule has 0 spiro atoms. The summed E-state index contributed by atoms with van der Waals surface area (Å²) in [7, 11) is -1.29. The van der Waals surface area contributed by atoms with Crippen molar-refractivity contribution in [2.24, 2.45) is 0 Å². The molecule has 1 amide bonds. The van der Waals surface area contributed by atoms with Gasteiger partial charge >= 0.3 is 0 Å². The van der Waals surface area contributed by atoms with E-state index in [4.69, 9.17) is 4.74 Å². The Labute approximate surface area is 226 Å². The minimum atomic E-state index is -3.38. The van der Waals surface area contributed by atoms with E-state index < -0.39 is 15.9 Å². The molecule has 1 aliphatic carbocycles. The van der Waals surface area contributed by atoms with Crippen LogP contribution in [0.15, 0.2) is 41.8 Å². The number of sulfone groups is 1. The molecule has 3 aromatic rings. The van der Waals surface area contributed by atoms with E-state index in [9.17, 15) is 13.2 Å². The molecule has 10 nitrogen and oxygen atoms in total. The molecular weight excluding hydrogens is 524 g/mol. The van der Waals surface area contributed by atoms with Gasteiger partial charge in [0.1, 0.15) is 5.69 Å². The molecule has 1 aliphatic heterocycles. The van der Waals surface area contributed by atoms with Crippen molar-refractivity contribution in [3.8, 4) is 16.5 Å². The number of nitrogens with one attached hydrogen (secondary N) is 1. The van der Waals surface area contributed by atoms with Gasteiger partial charge in [0.2, 0.25) is 5.88 Å². The zero-order valence-corrected chi connectivity index (χ0v) is 23.2. The Balaban J connectivity index is 1.39. The summed E-state index contributed by atoms with van der Waals surface area (Å²) in [5.74, 6) is 0.0732. The molecule has 0 bridgehead atoms. The quantitative estimate of drug-likeness (QED) is 0.398. The molecule has 1 N–H and O–H groups in total. The standard InChI is InChI=1S/C26H32N6O4S2/c1-3-36-24-16-27-14-22(30-24)23-15-29-26(37-23)25(33)31-21(12-17-6-4-5-11-32(17)2)20-13-19(9-10-28-20)38(34,35)18-7-8-18/h9-10,13-18,21H,3-8,11-12H2,1-2H3,(H,31,33)/t17?,21-/m0/s1. The summed E-state index contributed by atoms with van der Waals surface area (Å²) in [6, 6.07) is 2.97. The van der Waals surface area contributed by atoms with Gasteiger partial charge in [0, 0.05) is 18.4 Å². The Morgan fingerprint density at radius 1 is 1.21 bits per heavy atom. The number of nitrogens with zero attached hydrogens (tertiary/aromatic N) is 5. The van der Waals surface area contributed by atoms with Gasteiger partial charge in [-0.05, 0) is 64.8 Å². The topological polar surface area (TPSA) is 127 Å². The van der Waals surface area contributed by atoms with Gasteiger partial charge in [0.15, 0.2) is 14.8 Å². The molecule has 5 rings (SSSR count). The van der Waals surface area contributed by atoms with Crippen molar-refractivity contribution in [1.29, 1.82) is 0 Å². The number of pyridine rings is 1. The molecule has 1 unspecified atom stereocenters. The average molecular weight is 557 g/mol. The highest BCUT2D eigenvalue weighted by Gasteiger charge is 2.37. The summed E-state index contributed by atoms with van der Waals surface area (Å²) < 4.78 is 31.2. The predicted molar refractivity (Wildman–Crippen MR) is 144 cm³/mol. The van der Waals surface area contributed by atoms with E-state index in [1.807, 2.05) is 6.92 Å². The van der Waals surface area contributed by atoms with Crippen molar-refractivity contribution >= 4 is 27.1 Å². The third-order valence-corrected chi connectivity index (χ3v) is 10.3. The second-order valence-corrected chi connectivity index (χ2v) is 13.0. The first-order valence-corrected chi connectivity index (χ1v) is 15.3. The minimum absolute atomic E-state index is 0.253. The summed E-state index contributed by atoms with van der Waals surface area (Å²) in [6.45, 7) is 3.34. The summed E-state index contributed by atoms with van der Waals surface area (Å²) in [5.41, 5.74) is 1.12. The van der Waals surface area contributed by atoms with E-state index in [2.05, 4.69) is 37.2 Å². The lowest BCUT2D eigenvalue weighted by molar-refractivity contribution is 0.0915. The van der Waals surface area contributed by atoms with Crippen molar-refractivity contribution in [2.45, 2.75) is 67.7 Å². The fourth-order valence-electron chi connectivity index (χ4n) is 4.74. The molecule has 4 heterocycles. The van der Waals surface area contributed by atoms with Crippen LogP contribution >= 0.6 is 11.3 Å². The number of carbonyl (C=O) groups is 1. The predicted octanol–water partition coefficient (Wildman–Crippen LogP) is 3.68. The van der Waals surface area contributed by atoms with Crippen LogP contribution in [0.2, 0.25) is 0 Å². The maximum absolute atomic E-state index is 13.4. The maximum atomic E-state index is 13.4. The monoisotopic (exact) mass is 556 g/mol. The highest BCUT2D eigenvalue weighted by molar-refractivity contribution is 7.92. The van der Waals surface area contributed by atoms with Crippen LogP contribution in [-0.2, 0) is 9.84 Å². The van der Waals surface area contributed by atoms with Crippen LogP contribution in [0.1, 0.15) is 67.0 Å². The molecule has 0 aromatic carbocycles. The second-order valence-electron chi connectivity index (χ2n) is 9.76. The summed E-state index contributed by atoms with van der Waals surface area (Å²) >= 11 is 1.22. The molecule has 0 radical (unpaired) electrons. The number of ether oxygens (including phenoxy) is 1. The Hall–Kier alpha value is -2.96. The molecule has 2 aliphatic rings. The molecule has 202 valence electrons. The van der Waals surface area contributed by atoms with Crippen LogP contribution in [0.25, 0.3) is 10.6 Å². The first-order chi connectivity index (χ1) is 18.3. The van der Waals surface area contributed by atoms with Crippen molar-refractivity contribution in [1.82, 2.24) is 30.2 Å². The first kappa shape index (κ1) is 26.6. The van der Waals surface area contributed by atoms with E-state index in [0.29, 0.717) is 48.0 Å². The Bertz CT molecular complexity index is 1390. The van der Waals surface area contributed by atoms with Crippen molar-refractivity contribution in [2.75, 3.05) is 20.2 Å². The van der Waals surface area contributed by atoms with Gasteiger partial charge in [0.25, 0.3) is 5.91 Å². The molecule has 12 heteroatoms. The summed E-state index contributed by atoms with van der Waals surface area (Å²) in [4.78, 5) is 34.1. The lowest BCUT2D eigenvalue weighted by atomic mass is 9.94. The first-order valence-electron chi connectivity index (χ1n) is 13.0. The lowest BCUT2D eigenvalue weighted by Gasteiger charge is -2.35. The average Bonchev–Trinajstić information content (AvgIpc) is 3.67. The Morgan fingerprint density at radius 3 is 2.82 bits per heavy atom. The normalized spacial score (nSPS) is 19.2. The summed E-state index contributed by atoms with van der Waals surface area (Å²) in [5, 5.41) is 3.07. The second kappa shape index (κ2) is 11.4. The van der Waals surface area contributed by atoms with Crippen LogP contribution in [-0.4, -0.2) is 70.7 Å². The van der Waals surface area contributed by atoms with Crippen molar-refractivity contribution < 1.29 is 17.9 Å². The van der Waals surface area contributed by atoms with Gasteiger partial charge in [-0.25, -0.2) is 18.4 Å². The highest BCUT2D eigenvalue weighted by Crippen LogP contribution is 2.35. The van der Waals surface area contributed by atoms with Gasteiger partial charge in [-0.15, -0.1) is 11.3 Å². The lowest BCUT2D eigenvalue weighted by Crippen LogP contribution is -2.40. The maximum Gasteiger partial charge on any atom is 0.280 e. The van der Waals surface area contributed by atoms with Crippen LogP contribution < -0.4 is 10.1 Å². The number of thiazole rings is 1. The molecular formula is C26H32N6O4S2. The van der Waals surface area contributed by atoms with Gasteiger partial charge in [-0.2, -0.15) is 0 Å². The van der Waals surface area contributed by atoms with E-state index in [0.717, 1.165) is 25.8 Å². The van der Waals surface area contributed by atoms with Gasteiger partial charge < -0.3 is 15.0 Å². The fourth-order valence-corrected chi connectivity index (χ4v) is 7.19. The third-order valence-electron chi connectivity index (χ3n) is 6.99. The van der Waals surface area contributed by atoms with E-state index in [-0.39, 0.29) is 27.1 Å². The van der Waals surface area contributed by atoms with E-state index >= 15 is 0 Å². The fraction of sp³-hybridized carbons (Fsp3) is 0.500. The number of piperidine rings is 1. The van der Waals surface area contributed by atoms with Gasteiger partial charge in [-0.3, -0.25) is 14.8 Å². The van der Waals surface area contributed by atoms with Gasteiger partial charge in [-0.1, -0.05) is 6.42 Å². The number of likely N-dealkylation sites (tertiary alicyclic amines) is 1. The molecule has 1 saturated heterocycles. The van der Waals surface area contributed by atoms with Crippen LogP contribution in [0.5, 0.6) is 5.88 Å². The van der Waals surface area contributed by atoms with Gasteiger partial charge in [0.05, 0.1) is 45.8 Å². The number of carbonyl (C=O) groups excluding carboxylic acids is 1. The van der Waals surface area contributed by atoms with Crippen molar-refractivity contribution in [3.63, 3.8) is 0 Å². The number of rotatable bonds is 10. The van der Waals surface area contributed by atoms with Crippen LogP contribution in [0.4, 0.5) is 0 Å². The Kier molecular flexibility index (Phi) is 8.01. The highest BCUT2D eigenvalue weighted by atomic mass is 32.2. The van der Waals surface area contributed by atoms with Crippen LogP contribution in [0.3, 0.4) is 0 Å². The molecule has 3 aromatic heterocycles. The number of aromatic nitrogens is 4. The molecule has 2 fully saturated rings.